The van der Waals surface area contributed by atoms with E-state index in [1.807, 2.05) is 13.8 Å². The van der Waals surface area contributed by atoms with Crippen LogP contribution in [0.25, 0.3) is 0 Å². The van der Waals surface area contributed by atoms with Crippen LogP contribution in [0.1, 0.15) is 19.4 Å². The Labute approximate surface area is 89.2 Å². The maximum atomic E-state index is 5.50. The van der Waals surface area contributed by atoms with Crippen LogP contribution >= 0.6 is 11.3 Å². The van der Waals surface area contributed by atoms with Gasteiger partial charge in [-0.3, -0.25) is 11.3 Å². The highest BCUT2D eigenvalue weighted by Crippen LogP contribution is 2.08. The zero-order chi connectivity index (χ0) is 10.4. The summed E-state index contributed by atoms with van der Waals surface area (Å²) < 4.78 is 5.50. The van der Waals surface area contributed by atoms with Gasteiger partial charge in [-0.2, -0.15) is 11.3 Å². The fraction of sp³-hybridized carbons (Fsp3) is 0.600. The molecule has 80 valence electrons. The average Bonchev–Trinajstić information content (AvgIpc) is 2.64. The number of nitrogens with two attached hydrogens (primary N) is 1. The molecule has 3 N–H and O–H groups in total. The summed E-state index contributed by atoms with van der Waals surface area (Å²) in [5.41, 5.74) is 4.09. The largest absolute Gasteiger partial charge is 0.377 e. The summed E-state index contributed by atoms with van der Waals surface area (Å²) in [6.45, 7) is 4.71. The molecule has 0 fully saturated rings. The number of hydrazine groups is 1. The molecule has 1 atom stereocenters. The van der Waals surface area contributed by atoms with Crippen LogP contribution in [0.5, 0.6) is 0 Å². The van der Waals surface area contributed by atoms with Gasteiger partial charge in [-0.25, -0.2) is 0 Å². The summed E-state index contributed by atoms with van der Waals surface area (Å²) in [5.74, 6) is 5.45. The highest BCUT2D eigenvalue weighted by molar-refractivity contribution is 7.07. The molecular weight excluding hydrogens is 196 g/mol. The smallest absolute Gasteiger partial charge is 0.0639 e. The van der Waals surface area contributed by atoms with Crippen molar-refractivity contribution in [2.75, 3.05) is 6.61 Å². The Hall–Kier alpha value is -0.420. The monoisotopic (exact) mass is 214 g/mol. The van der Waals surface area contributed by atoms with E-state index >= 15 is 0 Å². The first-order valence-electron chi connectivity index (χ1n) is 4.81. The highest BCUT2D eigenvalue weighted by Gasteiger charge is 2.08. The molecule has 0 amide bonds. The second-order valence-electron chi connectivity index (χ2n) is 3.58. The zero-order valence-electron chi connectivity index (χ0n) is 8.69. The van der Waals surface area contributed by atoms with E-state index in [0.29, 0.717) is 6.61 Å². The van der Waals surface area contributed by atoms with Crippen LogP contribution in [0.3, 0.4) is 0 Å². The molecule has 0 bridgehead atoms. The van der Waals surface area contributed by atoms with Crippen molar-refractivity contribution < 1.29 is 4.74 Å². The minimum atomic E-state index is 0.201. The first-order valence-corrected chi connectivity index (χ1v) is 5.75. The van der Waals surface area contributed by atoms with Crippen LogP contribution < -0.4 is 11.3 Å². The normalized spacial score (nSPS) is 13.4. The Morgan fingerprint density at radius 3 is 2.86 bits per heavy atom. The maximum Gasteiger partial charge on any atom is 0.0639 e. The summed E-state index contributed by atoms with van der Waals surface area (Å²) in [5, 5.41) is 4.21. The summed E-state index contributed by atoms with van der Waals surface area (Å²) >= 11 is 1.71. The summed E-state index contributed by atoms with van der Waals surface area (Å²) in [6, 6.07) is 2.32. The lowest BCUT2D eigenvalue weighted by Gasteiger charge is -2.17. The van der Waals surface area contributed by atoms with E-state index in [0.717, 1.165) is 6.42 Å². The van der Waals surface area contributed by atoms with E-state index in [1.54, 1.807) is 11.3 Å². The molecule has 0 aromatic carbocycles. The van der Waals surface area contributed by atoms with Crippen molar-refractivity contribution in [3.63, 3.8) is 0 Å². The first kappa shape index (κ1) is 11.7. The summed E-state index contributed by atoms with van der Waals surface area (Å²) in [4.78, 5) is 0. The molecule has 0 aliphatic carbocycles. The van der Waals surface area contributed by atoms with Gasteiger partial charge in [-0.15, -0.1) is 0 Å². The van der Waals surface area contributed by atoms with Crippen molar-refractivity contribution in [1.82, 2.24) is 5.43 Å². The number of hydrogen-bond donors (Lipinski definition) is 2. The Morgan fingerprint density at radius 1 is 1.57 bits per heavy atom. The minimum Gasteiger partial charge on any atom is -0.377 e. The molecule has 0 aliphatic rings. The fourth-order valence-electron chi connectivity index (χ4n) is 1.17. The molecule has 14 heavy (non-hydrogen) atoms. The fourth-order valence-corrected chi connectivity index (χ4v) is 1.85. The molecule has 1 unspecified atom stereocenters. The predicted molar refractivity (Wildman–Crippen MR) is 60.2 cm³/mol. The van der Waals surface area contributed by atoms with Gasteiger partial charge in [-0.1, -0.05) is 0 Å². The van der Waals surface area contributed by atoms with Gasteiger partial charge in [0.1, 0.15) is 0 Å². The molecule has 1 aromatic heterocycles. The van der Waals surface area contributed by atoms with Crippen LogP contribution in [-0.4, -0.2) is 18.8 Å². The van der Waals surface area contributed by atoms with Gasteiger partial charge in [0.25, 0.3) is 0 Å². The topological polar surface area (TPSA) is 47.3 Å². The second-order valence-corrected chi connectivity index (χ2v) is 4.36. The van der Waals surface area contributed by atoms with Gasteiger partial charge in [0.05, 0.1) is 12.7 Å². The van der Waals surface area contributed by atoms with Crippen LogP contribution in [0.2, 0.25) is 0 Å². The van der Waals surface area contributed by atoms with E-state index in [4.69, 9.17) is 10.6 Å². The molecule has 0 aliphatic heterocycles. The van der Waals surface area contributed by atoms with Gasteiger partial charge < -0.3 is 4.74 Å². The lowest BCUT2D eigenvalue weighted by atomic mass is 10.1. The van der Waals surface area contributed by atoms with Gasteiger partial charge in [0.15, 0.2) is 0 Å². The van der Waals surface area contributed by atoms with Gasteiger partial charge in [-0.05, 0) is 42.7 Å². The van der Waals surface area contributed by atoms with Crippen molar-refractivity contribution >= 4 is 11.3 Å². The van der Waals surface area contributed by atoms with Crippen molar-refractivity contribution in [1.29, 1.82) is 0 Å². The lowest BCUT2D eigenvalue weighted by Crippen LogP contribution is -2.40. The van der Waals surface area contributed by atoms with E-state index in [-0.39, 0.29) is 12.1 Å². The van der Waals surface area contributed by atoms with E-state index < -0.39 is 0 Å². The zero-order valence-corrected chi connectivity index (χ0v) is 9.51. The van der Waals surface area contributed by atoms with Crippen molar-refractivity contribution in [3.05, 3.63) is 22.4 Å². The van der Waals surface area contributed by atoms with E-state index in [2.05, 4.69) is 22.3 Å². The van der Waals surface area contributed by atoms with Crippen LogP contribution in [0.15, 0.2) is 16.8 Å². The predicted octanol–water partition coefficient (Wildman–Crippen LogP) is 1.55. The van der Waals surface area contributed by atoms with E-state index in [9.17, 15) is 0 Å². The Bertz CT molecular complexity index is 236. The van der Waals surface area contributed by atoms with Gasteiger partial charge in [0, 0.05) is 6.04 Å². The molecule has 1 heterocycles. The quantitative estimate of drug-likeness (QED) is 0.558. The van der Waals surface area contributed by atoms with E-state index in [1.165, 1.54) is 5.56 Å². The number of hydrogen-bond acceptors (Lipinski definition) is 4. The molecule has 1 aromatic rings. The van der Waals surface area contributed by atoms with Crippen LogP contribution in [0.4, 0.5) is 0 Å². The van der Waals surface area contributed by atoms with Crippen molar-refractivity contribution in [2.24, 2.45) is 5.84 Å². The first-order chi connectivity index (χ1) is 6.72. The number of ether oxygens (including phenoxy) is 1. The average molecular weight is 214 g/mol. The van der Waals surface area contributed by atoms with Gasteiger partial charge in [0.2, 0.25) is 0 Å². The van der Waals surface area contributed by atoms with Crippen molar-refractivity contribution in [2.45, 2.75) is 32.4 Å². The SMILES string of the molecule is CC(C)OCC(Cc1ccsc1)NN. The molecule has 0 saturated heterocycles. The third-order valence-corrected chi connectivity index (χ3v) is 2.66. The Kier molecular flexibility index (Phi) is 5.11. The third kappa shape index (κ3) is 4.19. The molecule has 1 rings (SSSR count). The van der Waals surface area contributed by atoms with Crippen LogP contribution in [0, 0.1) is 0 Å². The lowest BCUT2D eigenvalue weighted by molar-refractivity contribution is 0.0613. The number of thiophene rings is 1. The molecule has 4 heteroatoms. The Morgan fingerprint density at radius 2 is 2.36 bits per heavy atom. The third-order valence-electron chi connectivity index (χ3n) is 1.93. The minimum absolute atomic E-state index is 0.201. The highest BCUT2D eigenvalue weighted by atomic mass is 32.1. The molecule has 3 nitrogen and oxygen atoms in total. The van der Waals surface area contributed by atoms with Gasteiger partial charge >= 0.3 is 0 Å². The van der Waals surface area contributed by atoms with Crippen molar-refractivity contribution in [3.8, 4) is 0 Å². The second kappa shape index (κ2) is 6.14. The Balaban J connectivity index is 2.32. The molecule has 0 saturated carbocycles. The molecule has 0 spiro atoms. The van der Waals surface area contributed by atoms with Crippen LogP contribution in [-0.2, 0) is 11.2 Å². The number of rotatable bonds is 6. The number of nitrogens with one attached hydrogen (secondary N) is 1. The maximum absolute atomic E-state index is 5.50. The molecule has 0 radical (unpaired) electrons. The summed E-state index contributed by atoms with van der Waals surface area (Å²) in [6.07, 6.45) is 1.18. The molecular formula is C10H18N2OS. The summed E-state index contributed by atoms with van der Waals surface area (Å²) in [7, 11) is 0. The standard InChI is InChI=1S/C10H18N2OS/c1-8(2)13-6-10(12-11)5-9-3-4-14-7-9/h3-4,7-8,10,12H,5-6,11H2,1-2H3.